The van der Waals surface area contributed by atoms with E-state index < -0.39 is 20.2 Å². The van der Waals surface area contributed by atoms with Crippen LogP contribution in [0.3, 0.4) is 0 Å². The topological polar surface area (TPSA) is 46.2 Å². The number of hydrogen-bond donors (Lipinski definition) is 1. The smallest absolute Gasteiger partial charge is 0.382 e. The number of hydrogen-bond acceptors (Lipinski definition) is 3. The minimum Gasteiger partial charge on any atom is -0.382 e. The maximum atomic E-state index is 12.4. The highest BCUT2D eigenvalue weighted by molar-refractivity contribution is 7.92. The normalized spacial score (nSPS) is 18.4. The zero-order valence-electron chi connectivity index (χ0n) is 10.9. The lowest BCUT2D eigenvalue weighted by atomic mass is 9.80. The molecule has 1 saturated carbocycles. The highest BCUT2D eigenvalue weighted by atomic mass is 32.2. The third kappa shape index (κ3) is 2.92. The molecule has 0 bridgehead atoms. The Morgan fingerprint density at radius 3 is 2.15 bits per heavy atom. The fraction of sp³-hybridized carbons (Fsp3) is 0.538. The SMILES string of the molecule is CC(Nc1ccc(S(=O)(=O)C(F)(F)F)cc1)C1CCC1. The van der Waals surface area contributed by atoms with Crippen molar-refractivity contribution in [2.24, 2.45) is 5.92 Å². The van der Waals surface area contributed by atoms with Crippen LogP contribution in [-0.4, -0.2) is 20.0 Å². The zero-order chi connectivity index (χ0) is 15.0. The molecule has 1 aromatic rings. The van der Waals surface area contributed by atoms with Gasteiger partial charge in [-0.3, -0.25) is 0 Å². The van der Waals surface area contributed by atoms with Gasteiger partial charge in [-0.05, 0) is 49.9 Å². The molecule has 0 heterocycles. The van der Waals surface area contributed by atoms with Crippen molar-refractivity contribution in [1.29, 1.82) is 0 Å². The average molecular weight is 307 g/mol. The van der Waals surface area contributed by atoms with Crippen LogP contribution in [0, 0.1) is 5.92 Å². The van der Waals surface area contributed by atoms with E-state index in [9.17, 15) is 21.6 Å². The summed E-state index contributed by atoms with van der Waals surface area (Å²) in [6, 6.07) is 4.94. The van der Waals surface area contributed by atoms with Crippen molar-refractivity contribution in [3.05, 3.63) is 24.3 Å². The van der Waals surface area contributed by atoms with Crippen molar-refractivity contribution < 1.29 is 21.6 Å². The van der Waals surface area contributed by atoms with E-state index in [4.69, 9.17) is 0 Å². The Balaban J connectivity index is 2.10. The molecule has 2 rings (SSSR count). The predicted molar refractivity (Wildman–Crippen MR) is 70.1 cm³/mol. The van der Waals surface area contributed by atoms with Crippen LogP contribution in [0.4, 0.5) is 18.9 Å². The lowest BCUT2D eigenvalue weighted by Gasteiger charge is -2.32. The van der Waals surface area contributed by atoms with Crippen LogP contribution in [-0.2, 0) is 9.84 Å². The number of sulfone groups is 1. The molecule has 1 atom stereocenters. The molecule has 1 aliphatic carbocycles. The van der Waals surface area contributed by atoms with Gasteiger partial charge in [0.15, 0.2) is 0 Å². The molecule has 0 spiro atoms. The maximum Gasteiger partial charge on any atom is 0.501 e. The van der Waals surface area contributed by atoms with E-state index in [-0.39, 0.29) is 6.04 Å². The second-order valence-electron chi connectivity index (χ2n) is 5.10. The summed E-state index contributed by atoms with van der Waals surface area (Å²) in [4.78, 5) is -0.730. The van der Waals surface area contributed by atoms with Gasteiger partial charge in [0, 0.05) is 11.7 Å². The molecule has 0 amide bonds. The van der Waals surface area contributed by atoms with Gasteiger partial charge in [-0.15, -0.1) is 0 Å². The summed E-state index contributed by atoms with van der Waals surface area (Å²) in [6.07, 6.45) is 3.50. The summed E-state index contributed by atoms with van der Waals surface area (Å²) in [5.41, 5.74) is -4.63. The highest BCUT2D eigenvalue weighted by Gasteiger charge is 2.46. The van der Waals surface area contributed by atoms with E-state index in [0.29, 0.717) is 11.6 Å². The van der Waals surface area contributed by atoms with Crippen LogP contribution in [0.15, 0.2) is 29.2 Å². The Morgan fingerprint density at radius 2 is 1.75 bits per heavy atom. The third-order valence-corrected chi connectivity index (χ3v) is 5.22. The first kappa shape index (κ1) is 15.2. The van der Waals surface area contributed by atoms with E-state index in [0.717, 1.165) is 25.0 Å². The van der Waals surface area contributed by atoms with Gasteiger partial charge in [-0.2, -0.15) is 13.2 Å². The fourth-order valence-corrected chi connectivity index (χ4v) is 2.95. The average Bonchev–Trinajstić information content (AvgIpc) is 2.25. The molecule has 1 unspecified atom stereocenters. The number of rotatable bonds is 4. The van der Waals surface area contributed by atoms with E-state index >= 15 is 0 Å². The first-order chi connectivity index (χ1) is 9.22. The Hall–Kier alpha value is -1.24. The summed E-state index contributed by atoms with van der Waals surface area (Å²) in [7, 11) is -5.26. The van der Waals surface area contributed by atoms with Gasteiger partial charge >= 0.3 is 5.51 Å². The second kappa shape index (κ2) is 5.27. The van der Waals surface area contributed by atoms with Crippen molar-refractivity contribution >= 4 is 15.5 Å². The maximum absolute atomic E-state index is 12.4. The second-order valence-corrected chi connectivity index (χ2v) is 7.04. The van der Waals surface area contributed by atoms with Crippen LogP contribution in [0.25, 0.3) is 0 Å². The van der Waals surface area contributed by atoms with Gasteiger partial charge in [-0.25, -0.2) is 8.42 Å². The molecule has 1 aliphatic rings. The van der Waals surface area contributed by atoms with Gasteiger partial charge in [-0.1, -0.05) is 6.42 Å². The Kier molecular flexibility index (Phi) is 4.00. The molecule has 0 aliphatic heterocycles. The van der Waals surface area contributed by atoms with Crippen molar-refractivity contribution in [3.8, 4) is 0 Å². The van der Waals surface area contributed by atoms with Gasteiger partial charge in [0.1, 0.15) is 0 Å². The fourth-order valence-electron chi connectivity index (χ4n) is 2.18. The van der Waals surface area contributed by atoms with Crippen molar-refractivity contribution in [2.75, 3.05) is 5.32 Å². The summed E-state index contributed by atoms with van der Waals surface area (Å²) in [5.74, 6) is 0.577. The van der Waals surface area contributed by atoms with E-state index in [1.807, 2.05) is 6.92 Å². The number of alkyl halides is 3. The molecule has 1 fully saturated rings. The van der Waals surface area contributed by atoms with Crippen LogP contribution >= 0.6 is 0 Å². The zero-order valence-corrected chi connectivity index (χ0v) is 11.8. The lowest BCUT2D eigenvalue weighted by molar-refractivity contribution is -0.0436. The molecule has 1 aromatic carbocycles. The van der Waals surface area contributed by atoms with E-state index in [1.54, 1.807) is 0 Å². The van der Waals surface area contributed by atoms with Crippen molar-refractivity contribution in [3.63, 3.8) is 0 Å². The van der Waals surface area contributed by atoms with Gasteiger partial charge in [0.25, 0.3) is 9.84 Å². The molecular formula is C13H16F3NO2S. The molecule has 112 valence electrons. The first-order valence-electron chi connectivity index (χ1n) is 6.40. The first-order valence-corrected chi connectivity index (χ1v) is 7.88. The Labute approximate surface area is 116 Å². The summed E-state index contributed by atoms with van der Waals surface area (Å²) < 4.78 is 59.6. The standard InChI is InChI=1S/C13H16F3NO2S/c1-9(10-3-2-4-10)17-11-5-7-12(8-6-11)20(18,19)13(14,15)16/h5-10,17H,2-4H2,1H3. The molecule has 0 radical (unpaired) electrons. The van der Waals surface area contributed by atoms with Gasteiger partial charge < -0.3 is 5.32 Å². The lowest BCUT2D eigenvalue weighted by Crippen LogP contribution is -2.30. The quantitative estimate of drug-likeness (QED) is 0.925. The Bertz CT molecular complexity index is 562. The molecule has 20 heavy (non-hydrogen) atoms. The number of benzene rings is 1. The number of anilines is 1. The van der Waals surface area contributed by atoms with Crippen LogP contribution in [0.1, 0.15) is 26.2 Å². The monoisotopic (exact) mass is 307 g/mol. The van der Waals surface area contributed by atoms with Gasteiger partial charge in [0.05, 0.1) is 4.90 Å². The summed E-state index contributed by atoms with van der Waals surface area (Å²) in [5, 5.41) is 3.19. The van der Waals surface area contributed by atoms with E-state index in [2.05, 4.69) is 5.32 Å². The van der Waals surface area contributed by atoms with Crippen LogP contribution < -0.4 is 5.32 Å². The minimum atomic E-state index is -5.26. The van der Waals surface area contributed by atoms with Crippen LogP contribution in [0.5, 0.6) is 0 Å². The Morgan fingerprint density at radius 1 is 1.20 bits per heavy atom. The van der Waals surface area contributed by atoms with Crippen LogP contribution in [0.2, 0.25) is 0 Å². The summed E-state index contributed by atoms with van der Waals surface area (Å²) in [6.45, 7) is 2.02. The predicted octanol–water partition coefficient (Wildman–Crippen LogP) is 3.58. The molecule has 3 nitrogen and oxygen atoms in total. The van der Waals surface area contributed by atoms with Crippen molar-refractivity contribution in [1.82, 2.24) is 0 Å². The molecule has 1 N–H and O–H groups in total. The molecular weight excluding hydrogens is 291 g/mol. The number of nitrogens with one attached hydrogen (secondary N) is 1. The molecule has 0 saturated heterocycles. The number of halogens is 3. The van der Waals surface area contributed by atoms with Crippen molar-refractivity contribution in [2.45, 2.75) is 42.6 Å². The molecule has 0 aromatic heterocycles. The molecule has 7 heteroatoms. The largest absolute Gasteiger partial charge is 0.501 e. The minimum absolute atomic E-state index is 0.230. The highest BCUT2D eigenvalue weighted by Crippen LogP contribution is 2.32. The summed E-state index contributed by atoms with van der Waals surface area (Å²) >= 11 is 0. The van der Waals surface area contributed by atoms with E-state index in [1.165, 1.54) is 18.6 Å². The van der Waals surface area contributed by atoms with Gasteiger partial charge in [0.2, 0.25) is 0 Å². The third-order valence-electron chi connectivity index (χ3n) is 3.72.